The molecule has 1 aliphatic heterocycles. The van der Waals surface area contributed by atoms with Crippen LogP contribution in [0.2, 0.25) is 0 Å². The van der Waals surface area contributed by atoms with Gasteiger partial charge in [-0.15, -0.1) is 0 Å². The van der Waals surface area contributed by atoms with Crippen LogP contribution in [-0.4, -0.2) is 55.5 Å². The fourth-order valence-corrected chi connectivity index (χ4v) is 3.65. The summed E-state index contributed by atoms with van der Waals surface area (Å²) in [6.07, 6.45) is 2.24. The highest BCUT2D eigenvalue weighted by atomic mass is 32.1. The molecule has 0 aliphatic carbocycles. The second-order valence-electron chi connectivity index (χ2n) is 8.09. The van der Waals surface area contributed by atoms with E-state index in [1.165, 1.54) is 5.56 Å². The van der Waals surface area contributed by atoms with Gasteiger partial charge in [-0.1, -0.05) is 20.8 Å². The van der Waals surface area contributed by atoms with Crippen molar-refractivity contribution in [3.05, 3.63) is 22.4 Å². The molecule has 0 unspecified atom stereocenters. The molecule has 1 aromatic heterocycles. The molecule has 27 heavy (non-hydrogen) atoms. The quantitative estimate of drug-likeness (QED) is 0.378. The Morgan fingerprint density at radius 3 is 2.63 bits per heavy atom. The second-order valence-corrected chi connectivity index (χ2v) is 8.87. The number of thiophene rings is 1. The molecule has 1 fully saturated rings. The van der Waals surface area contributed by atoms with Gasteiger partial charge in [-0.2, -0.15) is 11.3 Å². The van der Waals surface area contributed by atoms with E-state index in [1.807, 2.05) is 20.8 Å². The van der Waals surface area contributed by atoms with Crippen LogP contribution in [0.25, 0.3) is 0 Å². The zero-order chi connectivity index (χ0) is 19.7. The number of rotatable bonds is 7. The summed E-state index contributed by atoms with van der Waals surface area (Å²) in [5.74, 6) is 0.910. The van der Waals surface area contributed by atoms with Crippen molar-refractivity contribution in [2.24, 2.45) is 10.4 Å². The van der Waals surface area contributed by atoms with Crippen LogP contribution in [0, 0.1) is 5.41 Å². The predicted molar refractivity (Wildman–Crippen MR) is 114 cm³/mol. The normalized spacial score (nSPS) is 17.0. The number of aliphatic imine (C=N–C) groups is 1. The third-order valence-electron chi connectivity index (χ3n) is 4.61. The Labute approximate surface area is 167 Å². The average molecular weight is 394 g/mol. The lowest BCUT2D eigenvalue weighted by atomic mass is 9.96. The zero-order valence-corrected chi connectivity index (χ0v) is 18.0. The molecule has 2 rings (SSSR count). The third kappa shape index (κ3) is 7.89. The number of carbonyl (C=O) groups is 1. The van der Waals surface area contributed by atoms with Crippen molar-refractivity contribution in [1.29, 1.82) is 0 Å². The average Bonchev–Trinajstić information content (AvgIpc) is 3.12. The van der Waals surface area contributed by atoms with Gasteiger partial charge in [-0.25, -0.2) is 0 Å². The van der Waals surface area contributed by atoms with Crippen molar-refractivity contribution < 1.29 is 4.79 Å². The van der Waals surface area contributed by atoms with E-state index in [0.29, 0.717) is 19.1 Å². The van der Waals surface area contributed by atoms with Gasteiger partial charge < -0.3 is 16.0 Å². The first kappa shape index (κ1) is 21.7. The van der Waals surface area contributed by atoms with E-state index in [1.54, 1.807) is 11.3 Å². The number of carbonyl (C=O) groups excluding carboxylic acids is 1. The summed E-state index contributed by atoms with van der Waals surface area (Å²) in [7, 11) is 0. The molecule has 7 heteroatoms. The summed E-state index contributed by atoms with van der Waals surface area (Å²) in [6, 6.07) is 2.66. The first-order valence-corrected chi connectivity index (χ1v) is 10.9. The van der Waals surface area contributed by atoms with Gasteiger partial charge in [0, 0.05) is 44.2 Å². The van der Waals surface area contributed by atoms with Crippen LogP contribution >= 0.6 is 11.3 Å². The fourth-order valence-electron chi connectivity index (χ4n) is 2.99. The minimum atomic E-state index is -0.358. The number of guanidine groups is 1. The molecule has 1 aromatic rings. The predicted octanol–water partition coefficient (Wildman–Crippen LogP) is 2.43. The van der Waals surface area contributed by atoms with Crippen molar-refractivity contribution in [2.45, 2.75) is 53.1 Å². The van der Waals surface area contributed by atoms with E-state index in [4.69, 9.17) is 0 Å². The lowest BCUT2D eigenvalue weighted by molar-refractivity contribution is -0.128. The van der Waals surface area contributed by atoms with Crippen LogP contribution in [0.3, 0.4) is 0 Å². The van der Waals surface area contributed by atoms with Crippen LogP contribution < -0.4 is 16.0 Å². The maximum absolute atomic E-state index is 11.9. The Balaban J connectivity index is 1.72. The number of hydrogen-bond acceptors (Lipinski definition) is 4. The monoisotopic (exact) mass is 393 g/mol. The van der Waals surface area contributed by atoms with Crippen LogP contribution in [0.1, 0.15) is 46.1 Å². The Hall–Kier alpha value is -1.60. The molecule has 0 saturated carbocycles. The molecule has 0 atom stereocenters. The molecule has 3 N–H and O–H groups in total. The molecule has 6 nitrogen and oxygen atoms in total. The summed E-state index contributed by atoms with van der Waals surface area (Å²) >= 11 is 1.77. The van der Waals surface area contributed by atoms with Crippen molar-refractivity contribution in [1.82, 2.24) is 20.9 Å². The maximum atomic E-state index is 11.9. The third-order valence-corrected chi connectivity index (χ3v) is 5.34. The van der Waals surface area contributed by atoms with E-state index < -0.39 is 0 Å². The van der Waals surface area contributed by atoms with E-state index in [9.17, 15) is 4.79 Å². The number of piperidine rings is 1. The molecular weight excluding hydrogens is 358 g/mol. The van der Waals surface area contributed by atoms with Gasteiger partial charge in [0.25, 0.3) is 0 Å². The summed E-state index contributed by atoms with van der Waals surface area (Å²) in [4.78, 5) is 19.0. The first-order chi connectivity index (χ1) is 12.9. The van der Waals surface area contributed by atoms with Crippen LogP contribution in [-0.2, 0) is 11.3 Å². The number of nitrogens with zero attached hydrogens (tertiary/aromatic N) is 2. The Morgan fingerprint density at radius 1 is 1.30 bits per heavy atom. The fraction of sp³-hybridized carbons (Fsp3) is 0.700. The van der Waals surface area contributed by atoms with E-state index in [2.05, 4.69) is 49.6 Å². The number of nitrogens with one attached hydrogen (secondary N) is 3. The zero-order valence-electron chi connectivity index (χ0n) is 17.2. The van der Waals surface area contributed by atoms with Gasteiger partial charge in [0.2, 0.25) is 5.91 Å². The van der Waals surface area contributed by atoms with Gasteiger partial charge in [0.1, 0.15) is 0 Å². The number of hydrogen-bond donors (Lipinski definition) is 3. The van der Waals surface area contributed by atoms with Crippen molar-refractivity contribution in [3.63, 3.8) is 0 Å². The topological polar surface area (TPSA) is 68.8 Å². The van der Waals surface area contributed by atoms with Crippen LogP contribution in [0.4, 0.5) is 0 Å². The molecule has 1 amide bonds. The smallest absolute Gasteiger partial charge is 0.225 e. The number of amides is 1. The highest BCUT2D eigenvalue weighted by molar-refractivity contribution is 7.07. The van der Waals surface area contributed by atoms with Gasteiger partial charge >= 0.3 is 0 Å². The summed E-state index contributed by atoms with van der Waals surface area (Å²) in [5.41, 5.74) is 1.06. The SMILES string of the molecule is CCNC(=NCCNC(=O)C(C)(C)C)NC1CCN(Cc2ccsc2)CC1. The standard InChI is InChI=1S/C20H35N5OS/c1-5-21-19(23-10-9-22-18(26)20(2,3)4)24-17-6-11-25(12-7-17)14-16-8-13-27-15-16/h8,13,15,17H,5-7,9-12,14H2,1-4H3,(H,22,26)(H2,21,23,24). The molecular formula is C20H35N5OS. The van der Waals surface area contributed by atoms with Crippen molar-refractivity contribution >= 4 is 23.2 Å². The Morgan fingerprint density at radius 2 is 2.04 bits per heavy atom. The van der Waals surface area contributed by atoms with E-state index in [-0.39, 0.29) is 11.3 Å². The van der Waals surface area contributed by atoms with E-state index >= 15 is 0 Å². The van der Waals surface area contributed by atoms with Gasteiger partial charge in [-0.3, -0.25) is 14.7 Å². The Bertz CT molecular complexity index is 586. The summed E-state index contributed by atoms with van der Waals surface area (Å²) < 4.78 is 0. The van der Waals surface area contributed by atoms with Crippen LogP contribution in [0.15, 0.2) is 21.8 Å². The molecule has 0 aromatic carbocycles. The molecule has 0 bridgehead atoms. The van der Waals surface area contributed by atoms with Gasteiger partial charge in [-0.05, 0) is 42.2 Å². The van der Waals surface area contributed by atoms with Gasteiger partial charge in [0.05, 0.1) is 6.54 Å². The lowest BCUT2D eigenvalue weighted by Crippen LogP contribution is -2.48. The van der Waals surface area contributed by atoms with Crippen molar-refractivity contribution in [3.8, 4) is 0 Å². The number of likely N-dealkylation sites (tertiary alicyclic amines) is 1. The first-order valence-electron chi connectivity index (χ1n) is 9.95. The van der Waals surface area contributed by atoms with Gasteiger partial charge in [0.15, 0.2) is 5.96 Å². The molecule has 1 aliphatic rings. The molecule has 0 radical (unpaired) electrons. The molecule has 2 heterocycles. The maximum Gasteiger partial charge on any atom is 0.225 e. The van der Waals surface area contributed by atoms with E-state index in [0.717, 1.165) is 45.0 Å². The molecule has 1 saturated heterocycles. The summed E-state index contributed by atoms with van der Waals surface area (Å²) in [6.45, 7) is 13.1. The van der Waals surface area contributed by atoms with Crippen molar-refractivity contribution in [2.75, 3.05) is 32.7 Å². The largest absolute Gasteiger partial charge is 0.357 e. The highest BCUT2D eigenvalue weighted by Crippen LogP contribution is 2.15. The second kappa shape index (κ2) is 10.7. The molecule has 152 valence electrons. The molecule has 0 spiro atoms. The minimum absolute atomic E-state index is 0.0636. The lowest BCUT2D eigenvalue weighted by Gasteiger charge is -2.33. The minimum Gasteiger partial charge on any atom is -0.357 e. The summed E-state index contributed by atoms with van der Waals surface area (Å²) in [5, 5.41) is 14.2. The Kier molecular flexibility index (Phi) is 8.57. The highest BCUT2D eigenvalue weighted by Gasteiger charge is 2.21. The van der Waals surface area contributed by atoms with Crippen LogP contribution in [0.5, 0.6) is 0 Å².